The van der Waals surface area contributed by atoms with Gasteiger partial charge >= 0.3 is 6.18 Å². The van der Waals surface area contributed by atoms with Crippen molar-refractivity contribution in [2.24, 2.45) is 0 Å². The highest BCUT2D eigenvalue weighted by molar-refractivity contribution is 7.92. The van der Waals surface area contributed by atoms with Gasteiger partial charge in [0, 0.05) is 11.6 Å². The molecule has 0 atom stereocenters. The largest absolute Gasteiger partial charge is 0.468 e. The Morgan fingerprint density at radius 3 is 2.28 bits per heavy atom. The number of nitrogens with zero attached hydrogens (tertiary/aromatic N) is 1. The molecule has 3 aromatic rings. The van der Waals surface area contributed by atoms with E-state index in [0.29, 0.717) is 0 Å². The lowest BCUT2D eigenvalue weighted by Gasteiger charge is -2.10. The summed E-state index contributed by atoms with van der Waals surface area (Å²) in [6, 6.07) is 12.6. The van der Waals surface area contributed by atoms with E-state index < -0.39 is 34.5 Å². The van der Waals surface area contributed by atoms with Crippen LogP contribution in [-0.4, -0.2) is 32.1 Å². The van der Waals surface area contributed by atoms with Gasteiger partial charge in [-0.1, -0.05) is 12.1 Å². The van der Waals surface area contributed by atoms with E-state index in [1.54, 1.807) is 0 Å². The minimum absolute atomic E-state index is 0.104. The second-order valence-corrected chi connectivity index (χ2v) is 8.04. The molecule has 0 saturated heterocycles. The van der Waals surface area contributed by atoms with Gasteiger partial charge in [-0.05, 0) is 42.5 Å². The Kier molecular flexibility index (Phi) is 6.63. The monoisotopic (exact) mass is 469 g/mol. The molecule has 1 heterocycles. The number of amides is 1. The fraction of sp³-hybridized carbons (Fsp3) is 0.100. The first-order chi connectivity index (χ1) is 15.0. The number of alkyl halides is 3. The number of anilines is 2. The fourth-order valence-electron chi connectivity index (χ4n) is 2.43. The molecule has 0 aliphatic carbocycles. The third-order valence-corrected chi connectivity index (χ3v) is 5.30. The molecule has 2 N–H and O–H groups in total. The third kappa shape index (κ3) is 6.17. The number of carbonyl (C=O) groups excluding carboxylic acids is 1. The van der Waals surface area contributed by atoms with Gasteiger partial charge in [-0.15, -0.1) is 0 Å². The summed E-state index contributed by atoms with van der Waals surface area (Å²) in [6.45, 7) is -1.49. The van der Waals surface area contributed by atoms with Crippen molar-refractivity contribution in [2.45, 2.75) is 11.1 Å². The van der Waals surface area contributed by atoms with E-state index in [1.165, 1.54) is 48.5 Å². The summed E-state index contributed by atoms with van der Waals surface area (Å²) in [5.41, 5.74) is 0.0731. The Morgan fingerprint density at radius 1 is 1.00 bits per heavy atom. The zero-order valence-electron chi connectivity index (χ0n) is 16.1. The summed E-state index contributed by atoms with van der Waals surface area (Å²) in [7, 11) is -4.08. The van der Waals surface area contributed by atoms with Crippen molar-refractivity contribution in [2.75, 3.05) is 16.6 Å². The number of ether oxygens (including phenoxy) is 1. The summed E-state index contributed by atoms with van der Waals surface area (Å²) >= 11 is 0. The minimum atomic E-state index is -4.50. The molecule has 0 radical (unpaired) electrons. The molecule has 3 rings (SSSR count). The van der Waals surface area contributed by atoms with Crippen LogP contribution in [0, 0.1) is 5.82 Å². The molecule has 0 saturated carbocycles. The highest BCUT2D eigenvalue weighted by atomic mass is 32.2. The summed E-state index contributed by atoms with van der Waals surface area (Å²) in [6.07, 6.45) is -3.39. The number of sulfonamides is 1. The van der Waals surface area contributed by atoms with Crippen LogP contribution in [0.2, 0.25) is 0 Å². The number of nitrogens with one attached hydrogen (secondary N) is 2. The van der Waals surface area contributed by atoms with Gasteiger partial charge in [0.15, 0.2) is 6.61 Å². The quantitative estimate of drug-likeness (QED) is 0.505. The molecule has 0 fully saturated rings. The van der Waals surface area contributed by atoms with E-state index in [4.69, 9.17) is 0 Å². The first kappa shape index (κ1) is 23.0. The van der Waals surface area contributed by atoms with Crippen LogP contribution in [0.3, 0.4) is 0 Å². The van der Waals surface area contributed by atoms with Crippen LogP contribution < -0.4 is 14.8 Å². The normalized spacial score (nSPS) is 11.6. The molecular formula is C20H15F4N3O4S. The first-order valence-electron chi connectivity index (χ1n) is 8.88. The zero-order chi connectivity index (χ0) is 23.4. The lowest BCUT2D eigenvalue weighted by Crippen LogP contribution is -2.19. The Bertz CT molecular complexity index is 1200. The number of para-hydroxylation sites is 1. The van der Waals surface area contributed by atoms with Crippen molar-refractivity contribution >= 4 is 27.3 Å². The third-order valence-electron chi connectivity index (χ3n) is 3.92. The number of pyridine rings is 1. The van der Waals surface area contributed by atoms with Gasteiger partial charge in [0.25, 0.3) is 15.9 Å². The van der Waals surface area contributed by atoms with Gasteiger partial charge in [0.1, 0.15) is 5.82 Å². The molecule has 0 unspecified atom stereocenters. The molecule has 12 heteroatoms. The Balaban J connectivity index is 1.64. The zero-order valence-corrected chi connectivity index (χ0v) is 16.9. The molecular weight excluding hydrogens is 454 g/mol. The molecule has 32 heavy (non-hydrogen) atoms. The van der Waals surface area contributed by atoms with Crippen molar-refractivity contribution < 1.29 is 35.5 Å². The average Bonchev–Trinajstić information content (AvgIpc) is 2.74. The maximum Gasteiger partial charge on any atom is 0.422 e. The highest BCUT2D eigenvalue weighted by Gasteiger charge is 2.28. The minimum Gasteiger partial charge on any atom is -0.468 e. The molecule has 0 aliphatic heterocycles. The number of benzene rings is 2. The molecule has 0 spiro atoms. The van der Waals surface area contributed by atoms with Gasteiger partial charge in [-0.2, -0.15) is 13.2 Å². The number of hydrogen-bond donors (Lipinski definition) is 2. The van der Waals surface area contributed by atoms with Crippen LogP contribution >= 0.6 is 0 Å². The van der Waals surface area contributed by atoms with E-state index >= 15 is 0 Å². The predicted molar refractivity (Wildman–Crippen MR) is 107 cm³/mol. The Morgan fingerprint density at radius 2 is 1.69 bits per heavy atom. The molecule has 0 bridgehead atoms. The van der Waals surface area contributed by atoms with E-state index in [9.17, 15) is 30.8 Å². The maximum absolute atomic E-state index is 13.7. The number of aromatic nitrogens is 1. The van der Waals surface area contributed by atoms with Gasteiger partial charge in [0.2, 0.25) is 5.88 Å². The van der Waals surface area contributed by atoms with E-state index in [1.807, 2.05) is 0 Å². The van der Waals surface area contributed by atoms with E-state index in [2.05, 4.69) is 19.8 Å². The van der Waals surface area contributed by atoms with Crippen LogP contribution in [-0.2, 0) is 10.0 Å². The maximum atomic E-state index is 13.7. The van der Waals surface area contributed by atoms with Crippen molar-refractivity contribution in [3.63, 3.8) is 0 Å². The molecule has 2 aromatic carbocycles. The van der Waals surface area contributed by atoms with Gasteiger partial charge in [-0.25, -0.2) is 17.8 Å². The average molecular weight is 469 g/mol. The summed E-state index contributed by atoms with van der Waals surface area (Å²) in [4.78, 5) is 15.8. The summed E-state index contributed by atoms with van der Waals surface area (Å²) in [5, 5.41) is 2.47. The second-order valence-electron chi connectivity index (χ2n) is 6.35. The van der Waals surface area contributed by atoms with Gasteiger partial charge < -0.3 is 10.1 Å². The van der Waals surface area contributed by atoms with Crippen LogP contribution in [0.15, 0.2) is 71.8 Å². The number of rotatable bonds is 7. The van der Waals surface area contributed by atoms with Crippen molar-refractivity contribution in [3.8, 4) is 5.88 Å². The SMILES string of the molecule is O=C(Nc1ccc(OCC(F)(F)F)nc1)c1ccc(S(=O)(=O)Nc2ccccc2F)cc1. The van der Waals surface area contributed by atoms with Gasteiger partial charge in [0.05, 0.1) is 22.5 Å². The van der Waals surface area contributed by atoms with Crippen LogP contribution in [0.25, 0.3) is 0 Å². The lowest BCUT2D eigenvalue weighted by molar-refractivity contribution is -0.154. The summed E-state index contributed by atoms with van der Waals surface area (Å²) < 4.78 is 81.5. The smallest absolute Gasteiger partial charge is 0.422 e. The van der Waals surface area contributed by atoms with Crippen molar-refractivity contribution in [1.29, 1.82) is 0 Å². The summed E-state index contributed by atoms with van der Waals surface area (Å²) in [5.74, 6) is -1.62. The Labute approximate surface area is 180 Å². The molecule has 0 aliphatic rings. The van der Waals surface area contributed by atoms with E-state index in [0.717, 1.165) is 18.3 Å². The molecule has 168 valence electrons. The second kappa shape index (κ2) is 9.22. The highest BCUT2D eigenvalue weighted by Crippen LogP contribution is 2.21. The fourth-order valence-corrected chi connectivity index (χ4v) is 3.50. The standard InChI is InChI=1S/C20H15F4N3O4S/c21-16-3-1-2-4-17(16)27-32(29,30)15-8-5-13(6-9-15)19(28)26-14-7-10-18(25-11-14)31-12-20(22,23)24/h1-11,27H,12H2,(H,26,28). The first-order valence-corrected chi connectivity index (χ1v) is 10.4. The molecule has 1 aromatic heterocycles. The predicted octanol–water partition coefficient (Wildman–Crippen LogP) is 4.21. The Hall–Kier alpha value is -3.67. The van der Waals surface area contributed by atoms with Gasteiger partial charge in [-0.3, -0.25) is 9.52 Å². The van der Waals surface area contributed by atoms with Crippen molar-refractivity contribution in [3.05, 3.63) is 78.2 Å². The van der Waals surface area contributed by atoms with Crippen molar-refractivity contribution in [1.82, 2.24) is 4.98 Å². The molecule has 7 nitrogen and oxygen atoms in total. The number of hydrogen-bond acceptors (Lipinski definition) is 5. The molecule has 1 amide bonds. The lowest BCUT2D eigenvalue weighted by atomic mass is 10.2. The van der Waals surface area contributed by atoms with Crippen LogP contribution in [0.1, 0.15) is 10.4 Å². The van der Waals surface area contributed by atoms with Crippen LogP contribution in [0.5, 0.6) is 5.88 Å². The van der Waals surface area contributed by atoms with E-state index in [-0.39, 0.29) is 27.7 Å². The topological polar surface area (TPSA) is 97.4 Å². The number of halogens is 4. The number of carbonyl (C=O) groups is 1. The van der Waals surface area contributed by atoms with Crippen LogP contribution in [0.4, 0.5) is 28.9 Å².